The lowest BCUT2D eigenvalue weighted by Gasteiger charge is -2.27. The van der Waals surface area contributed by atoms with Crippen LogP contribution in [0.3, 0.4) is 0 Å². The Morgan fingerprint density at radius 1 is 1.27 bits per heavy atom. The summed E-state index contributed by atoms with van der Waals surface area (Å²) in [6, 6.07) is 9.78. The Bertz CT molecular complexity index is 805. The van der Waals surface area contributed by atoms with Gasteiger partial charge in [-0.15, -0.1) is 11.3 Å². The number of hydrogen-bond donors (Lipinski definition) is 1. The predicted molar refractivity (Wildman–Crippen MR) is 99.0 cm³/mol. The van der Waals surface area contributed by atoms with Crippen molar-refractivity contribution in [3.63, 3.8) is 0 Å². The highest BCUT2D eigenvalue weighted by atomic mass is 32.1. The Balaban J connectivity index is 1.74. The molecule has 0 saturated carbocycles. The summed E-state index contributed by atoms with van der Waals surface area (Å²) >= 11 is 1.57. The van der Waals surface area contributed by atoms with Crippen molar-refractivity contribution in [3.8, 4) is 10.6 Å². The molecule has 1 N–H and O–H groups in total. The van der Waals surface area contributed by atoms with E-state index < -0.39 is 18.2 Å². The third-order valence-corrected chi connectivity index (χ3v) is 6.11. The number of rotatable bonds is 5. The summed E-state index contributed by atoms with van der Waals surface area (Å²) in [5.74, 6) is -1.20. The van der Waals surface area contributed by atoms with Gasteiger partial charge in [0.25, 0.3) is 5.91 Å². The van der Waals surface area contributed by atoms with E-state index in [-0.39, 0.29) is 11.9 Å². The maximum Gasteiger partial charge on any atom is 0.332 e. The second-order valence-corrected chi connectivity index (χ2v) is 7.52. The van der Waals surface area contributed by atoms with Crippen molar-refractivity contribution >= 4 is 23.2 Å². The molecule has 0 radical (unpaired) electrons. The van der Waals surface area contributed by atoms with E-state index >= 15 is 0 Å². The minimum Gasteiger partial charge on any atom is -0.479 e. The molecule has 3 rings (SSSR count). The van der Waals surface area contributed by atoms with Gasteiger partial charge in [-0.25, -0.2) is 9.78 Å². The van der Waals surface area contributed by atoms with E-state index in [1.165, 1.54) is 0 Å². The first-order chi connectivity index (χ1) is 12.4. The van der Waals surface area contributed by atoms with E-state index in [0.717, 1.165) is 21.1 Å². The summed E-state index contributed by atoms with van der Waals surface area (Å²) in [7, 11) is 1.73. The number of aromatic nitrogens is 1. The highest BCUT2D eigenvalue weighted by Gasteiger charge is 2.37. The van der Waals surface area contributed by atoms with Crippen LogP contribution in [0.5, 0.6) is 0 Å². The fourth-order valence-electron chi connectivity index (χ4n) is 3.09. The third kappa shape index (κ3) is 3.64. The van der Waals surface area contributed by atoms with Gasteiger partial charge in [0, 0.05) is 12.6 Å². The largest absolute Gasteiger partial charge is 0.479 e. The van der Waals surface area contributed by atoms with Crippen LogP contribution in [-0.2, 0) is 14.3 Å². The van der Waals surface area contributed by atoms with E-state index in [1.807, 2.05) is 44.2 Å². The molecule has 0 bridgehead atoms. The predicted octanol–water partition coefficient (Wildman–Crippen LogP) is 3.27. The van der Waals surface area contributed by atoms with E-state index in [2.05, 4.69) is 4.98 Å². The van der Waals surface area contributed by atoms with Crippen LogP contribution in [0.4, 0.5) is 0 Å². The Kier molecular flexibility index (Phi) is 5.38. The van der Waals surface area contributed by atoms with Crippen molar-refractivity contribution in [3.05, 3.63) is 40.9 Å². The molecular formula is C19H22N2O4S. The van der Waals surface area contributed by atoms with Gasteiger partial charge in [-0.05, 0) is 26.7 Å². The first-order valence-corrected chi connectivity index (χ1v) is 9.37. The first-order valence-electron chi connectivity index (χ1n) is 8.56. The highest BCUT2D eigenvalue weighted by Crippen LogP contribution is 2.34. The van der Waals surface area contributed by atoms with E-state index in [1.54, 1.807) is 23.3 Å². The summed E-state index contributed by atoms with van der Waals surface area (Å²) < 4.78 is 5.39. The number of ether oxygens (including phenoxy) is 1. The monoisotopic (exact) mass is 374 g/mol. The average Bonchev–Trinajstić information content (AvgIpc) is 3.28. The number of carboxylic acids is 1. The molecule has 6 nitrogen and oxygen atoms in total. The Labute approximate surface area is 156 Å². The molecule has 1 aliphatic rings. The van der Waals surface area contributed by atoms with Crippen LogP contribution < -0.4 is 0 Å². The molecule has 7 heteroatoms. The summed E-state index contributed by atoms with van der Waals surface area (Å²) in [5, 5.41) is 9.95. The molecule has 1 aromatic heterocycles. The standard InChI is InChI=1S/C19H22N2O4S/c1-11-16(26-17(20-11)13-7-5-4-6-8-13)12(2)21(3)18(22)14-9-10-15(25-14)19(23)24/h4-8,12,14-15H,9-10H2,1-3H3,(H,23,24)/t12-,14-,15+/m0/s1. The number of carbonyl (C=O) groups excluding carboxylic acids is 1. The number of carbonyl (C=O) groups is 2. The summed E-state index contributed by atoms with van der Waals surface area (Å²) in [6.45, 7) is 3.90. The van der Waals surface area contributed by atoms with E-state index in [4.69, 9.17) is 9.84 Å². The average molecular weight is 374 g/mol. The molecule has 1 aromatic carbocycles. The first kappa shape index (κ1) is 18.5. The number of likely N-dealkylation sites (N-methyl/N-ethyl adjacent to an activating group) is 1. The molecule has 0 unspecified atom stereocenters. The van der Waals surface area contributed by atoms with Gasteiger partial charge >= 0.3 is 5.97 Å². The van der Waals surface area contributed by atoms with Crippen LogP contribution in [0.2, 0.25) is 0 Å². The van der Waals surface area contributed by atoms with Crippen molar-refractivity contribution in [2.75, 3.05) is 7.05 Å². The zero-order valence-electron chi connectivity index (χ0n) is 15.0. The Morgan fingerprint density at radius 3 is 2.54 bits per heavy atom. The van der Waals surface area contributed by atoms with Crippen molar-refractivity contribution < 1.29 is 19.4 Å². The van der Waals surface area contributed by atoms with Crippen LogP contribution in [-0.4, -0.2) is 46.1 Å². The van der Waals surface area contributed by atoms with Gasteiger partial charge in [0.1, 0.15) is 11.1 Å². The molecule has 138 valence electrons. The molecule has 1 aliphatic heterocycles. The molecule has 2 aromatic rings. The van der Waals surface area contributed by atoms with Gasteiger partial charge < -0.3 is 14.7 Å². The molecule has 0 aliphatic carbocycles. The number of aryl methyl sites for hydroxylation is 1. The van der Waals surface area contributed by atoms with Crippen LogP contribution >= 0.6 is 11.3 Å². The van der Waals surface area contributed by atoms with Gasteiger partial charge in [0.15, 0.2) is 6.10 Å². The van der Waals surface area contributed by atoms with Gasteiger partial charge in [-0.3, -0.25) is 4.79 Å². The topological polar surface area (TPSA) is 79.7 Å². The molecule has 1 amide bonds. The second kappa shape index (κ2) is 7.55. The van der Waals surface area contributed by atoms with Gasteiger partial charge in [-0.2, -0.15) is 0 Å². The van der Waals surface area contributed by atoms with Crippen molar-refractivity contribution in [2.24, 2.45) is 0 Å². The number of aliphatic carboxylic acids is 1. The molecule has 2 heterocycles. The van der Waals surface area contributed by atoms with Crippen LogP contribution in [0.25, 0.3) is 10.6 Å². The maximum atomic E-state index is 12.7. The van der Waals surface area contributed by atoms with Crippen LogP contribution in [0, 0.1) is 6.92 Å². The minimum absolute atomic E-state index is 0.162. The number of carboxylic acid groups (broad SMARTS) is 1. The number of amides is 1. The number of benzene rings is 1. The third-order valence-electron chi connectivity index (χ3n) is 4.73. The van der Waals surface area contributed by atoms with Gasteiger partial charge in [-0.1, -0.05) is 30.3 Å². The zero-order valence-corrected chi connectivity index (χ0v) is 15.8. The SMILES string of the molecule is Cc1nc(-c2ccccc2)sc1[C@H](C)N(C)C(=O)[C@@H]1CC[C@H](C(=O)O)O1. The lowest BCUT2D eigenvalue weighted by atomic mass is 10.1. The zero-order chi connectivity index (χ0) is 18.8. The lowest BCUT2D eigenvalue weighted by molar-refractivity contribution is -0.155. The molecule has 26 heavy (non-hydrogen) atoms. The molecule has 3 atom stereocenters. The quantitative estimate of drug-likeness (QED) is 0.869. The molecule has 0 spiro atoms. The molecular weight excluding hydrogens is 352 g/mol. The fourth-order valence-corrected chi connectivity index (χ4v) is 4.26. The van der Waals surface area contributed by atoms with Gasteiger partial charge in [0.05, 0.1) is 16.6 Å². The Morgan fingerprint density at radius 2 is 1.92 bits per heavy atom. The summed E-state index contributed by atoms with van der Waals surface area (Å²) in [5.41, 5.74) is 1.95. The van der Waals surface area contributed by atoms with E-state index in [0.29, 0.717) is 12.8 Å². The van der Waals surface area contributed by atoms with Crippen molar-refractivity contribution in [2.45, 2.75) is 44.9 Å². The molecule has 1 saturated heterocycles. The number of nitrogens with zero attached hydrogens (tertiary/aromatic N) is 2. The number of thiazole rings is 1. The van der Waals surface area contributed by atoms with Gasteiger partial charge in [0.2, 0.25) is 0 Å². The molecule has 1 fully saturated rings. The summed E-state index contributed by atoms with van der Waals surface area (Å²) in [6.07, 6.45) is -0.775. The summed E-state index contributed by atoms with van der Waals surface area (Å²) in [4.78, 5) is 31.0. The van der Waals surface area contributed by atoms with Crippen LogP contribution in [0.1, 0.15) is 36.4 Å². The van der Waals surface area contributed by atoms with Crippen molar-refractivity contribution in [1.29, 1.82) is 0 Å². The van der Waals surface area contributed by atoms with E-state index in [9.17, 15) is 9.59 Å². The normalized spacial score (nSPS) is 20.7. The number of hydrogen-bond acceptors (Lipinski definition) is 5. The maximum absolute atomic E-state index is 12.7. The smallest absolute Gasteiger partial charge is 0.332 e. The lowest BCUT2D eigenvalue weighted by Crippen LogP contribution is -2.38. The highest BCUT2D eigenvalue weighted by molar-refractivity contribution is 7.15. The Hall–Kier alpha value is -2.25. The van der Waals surface area contributed by atoms with Crippen molar-refractivity contribution in [1.82, 2.24) is 9.88 Å². The minimum atomic E-state index is -1.01. The van der Waals surface area contributed by atoms with Crippen LogP contribution in [0.15, 0.2) is 30.3 Å². The second-order valence-electron chi connectivity index (χ2n) is 6.49. The fraction of sp³-hybridized carbons (Fsp3) is 0.421.